The van der Waals surface area contributed by atoms with E-state index >= 15 is 0 Å². The van der Waals surface area contributed by atoms with Crippen LogP contribution in [-0.2, 0) is 0 Å². The predicted octanol–water partition coefficient (Wildman–Crippen LogP) is 1.13. The predicted molar refractivity (Wildman–Crippen MR) is 64.7 cm³/mol. The summed E-state index contributed by atoms with van der Waals surface area (Å²) in [6.45, 7) is 4.90. The van der Waals surface area contributed by atoms with Gasteiger partial charge in [0.05, 0.1) is 6.04 Å². The molecule has 1 aromatic heterocycles. The molecule has 92 valence electrons. The highest BCUT2D eigenvalue weighted by Gasteiger charge is 2.24. The van der Waals surface area contributed by atoms with Crippen LogP contribution in [0.3, 0.4) is 0 Å². The number of halogens is 1. The second kappa shape index (κ2) is 5.42. The summed E-state index contributed by atoms with van der Waals surface area (Å²) >= 11 is 3.15. The molecular weight excluding hydrogens is 288 g/mol. The molecule has 1 saturated heterocycles. The molecular formula is C10H13BrN4O2. The summed E-state index contributed by atoms with van der Waals surface area (Å²) in [6.07, 6.45) is 2.04. The number of nitrogens with zero attached hydrogens (tertiary/aromatic N) is 2. The molecule has 2 N–H and O–H groups in total. The van der Waals surface area contributed by atoms with E-state index in [0.717, 1.165) is 19.4 Å². The lowest BCUT2D eigenvalue weighted by Crippen LogP contribution is -2.25. The molecule has 2 rings (SSSR count). The van der Waals surface area contributed by atoms with Crippen LogP contribution < -0.4 is 10.6 Å². The lowest BCUT2D eigenvalue weighted by Gasteiger charge is -2.01. The van der Waals surface area contributed by atoms with E-state index in [4.69, 9.17) is 4.52 Å². The normalized spacial score (nSPS) is 19.2. The van der Waals surface area contributed by atoms with Gasteiger partial charge in [-0.1, -0.05) is 27.7 Å². The SMILES string of the molecule is C=C(Br)CNC(=O)c1noc(C2CCCN2)n1. The number of rotatable bonds is 4. The van der Waals surface area contributed by atoms with Crippen LogP contribution >= 0.6 is 15.9 Å². The van der Waals surface area contributed by atoms with Crippen molar-refractivity contribution in [2.45, 2.75) is 18.9 Å². The van der Waals surface area contributed by atoms with Crippen molar-refractivity contribution in [3.63, 3.8) is 0 Å². The van der Waals surface area contributed by atoms with Crippen LogP contribution in [0.15, 0.2) is 15.6 Å². The van der Waals surface area contributed by atoms with Gasteiger partial charge in [0.15, 0.2) is 0 Å². The van der Waals surface area contributed by atoms with E-state index in [1.807, 2.05) is 0 Å². The lowest BCUT2D eigenvalue weighted by molar-refractivity contribution is 0.0944. The largest absolute Gasteiger partial charge is 0.345 e. The molecule has 17 heavy (non-hydrogen) atoms. The number of amides is 1. The van der Waals surface area contributed by atoms with Crippen molar-refractivity contribution in [2.24, 2.45) is 0 Å². The van der Waals surface area contributed by atoms with Crippen molar-refractivity contribution in [3.05, 3.63) is 22.8 Å². The first-order valence-electron chi connectivity index (χ1n) is 5.35. The average Bonchev–Trinajstić information content (AvgIpc) is 2.94. The smallest absolute Gasteiger partial charge is 0.292 e. The van der Waals surface area contributed by atoms with Crippen molar-refractivity contribution in [2.75, 3.05) is 13.1 Å². The number of carbonyl (C=O) groups excluding carboxylic acids is 1. The van der Waals surface area contributed by atoms with Gasteiger partial charge in [-0.25, -0.2) is 0 Å². The van der Waals surface area contributed by atoms with Gasteiger partial charge in [-0.05, 0) is 19.4 Å². The molecule has 0 radical (unpaired) electrons. The third kappa shape index (κ3) is 3.13. The summed E-state index contributed by atoms with van der Waals surface area (Å²) < 4.78 is 5.74. The van der Waals surface area contributed by atoms with Crippen LogP contribution in [0, 0.1) is 0 Å². The van der Waals surface area contributed by atoms with Crippen LogP contribution in [0.2, 0.25) is 0 Å². The van der Waals surface area contributed by atoms with Crippen molar-refractivity contribution in [1.82, 2.24) is 20.8 Å². The van der Waals surface area contributed by atoms with Crippen molar-refractivity contribution >= 4 is 21.8 Å². The Morgan fingerprint density at radius 2 is 2.53 bits per heavy atom. The highest BCUT2D eigenvalue weighted by molar-refractivity contribution is 9.11. The van der Waals surface area contributed by atoms with Gasteiger partial charge in [0.25, 0.3) is 11.7 Å². The summed E-state index contributed by atoms with van der Waals surface area (Å²) in [6, 6.07) is 0.0789. The molecule has 0 spiro atoms. The zero-order chi connectivity index (χ0) is 12.3. The zero-order valence-electron chi connectivity index (χ0n) is 9.20. The van der Waals surface area contributed by atoms with E-state index in [1.54, 1.807) is 0 Å². The minimum absolute atomic E-state index is 0.0578. The molecule has 1 aliphatic rings. The van der Waals surface area contributed by atoms with E-state index in [-0.39, 0.29) is 17.8 Å². The number of nitrogens with one attached hydrogen (secondary N) is 2. The highest BCUT2D eigenvalue weighted by atomic mass is 79.9. The Balaban J connectivity index is 1.97. The third-order valence-electron chi connectivity index (χ3n) is 2.44. The highest BCUT2D eigenvalue weighted by Crippen LogP contribution is 2.20. The number of aromatic nitrogens is 2. The molecule has 1 unspecified atom stereocenters. The second-order valence-corrected chi connectivity index (χ2v) is 4.93. The Morgan fingerprint density at radius 3 is 3.18 bits per heavy atom. The first kappa shape index (κ1) is 12.3. The van der Waals surface area contributed by atoms with Gasteiger partial charge >= 0.3 is 0 Å². The lowest BCUT2D eigenvalue weighted by atomic mass is 10.2. The number of carbonyl (C=O) groups is 1. The molecule has 7 heteroatoms. The van der Waals surface area contributed by atoms with E-state index in [9.17, 15) is 4.79 Å². The maximum atomic E-state index is 11.6. The molecule has 1 atom stereocenters. The van der Waals surface area contributed by atoms with Gasteiger partial charge in [0, 0.05) is 11.0 Å². The van der Waals surface area contributed by atoms with Crippen LogP contribution in [-0.4, -0.2) is 29.1 Å². The van der Waals surface area contributed by atoms with Gasteiger partial charge in [0.2, 0.25) is 5.89 Å². The van der Waals surface area contributed by atoms with Gasteiger partial charge in [-0.15, -0.1) is 0 Å². The maximum absolute atomic E-state index is 11.6. The fourth-order valence-electron chi connectivity index (χ4n) is 1.62. The van der Waals surface area contributed by atoms with Crippen LogP contribution in [0.25, 0.3) is 0 Å². The standard InChI is InChI=1S/C10H13BrN4O2/c1-6(11)5-13-9(16)8-14-10(17-15-8)7-3-2-4-12-7/h7,12H,1-5H2,(H,13,16). The Morgan fingerprint density at radius 1 is 1.71 bits per heavy atom. The first-order chi connectivity index (χ1) is 8.16. The van der Waals surface area contributed by atoms with Crippen LogP contribution in [0.1, 0.15) is 35.4 Å². The summed E-state index contributed by atoms with van der Waals surface area (Å²) in [5.41, 5.74) is 0. The van der Waals surface area contributed by atoms with Gasteiger partial charge < -0.3 is 15.2 Å². The molecule has 1 aliphatic heterocycles. The molecule has 1 aromatic rings. The van der Waals surface area contributed by atoms with Crippen molar-refractivity contribution in [1.29, 1.82) is 0 Å². The maximum Gasteiger partial charge on any atom is 0.292 e. The first-order valence-corrected chi connectivity index (χ1v) is 6.14. The average molecular weight is 301 g/mol. The minimum atomic E-state index is -0.362. The van der Waals surface area contributed by atoms with Gasteiger partial charge in [-0.2, -0.15) is 4.98 Å². The molecule has 2 heterocycles. The molecule has 0 saturated carbocycles. The van der Waals surface area contributed by atoms with Crippen LogP contribution in [0.4, 0.5) is 0 Å². The fourth-order valence-corrected chi connectivity index (χ4v) is 1.76. The molecule has 0 bridgehead atoms. The van der Waals surface area contributed by atoms with Crippen molar-refractivity contribution < 1.29 is 9.32 Å². The topological polar surface area (TPSA) is 80.0 Å². The van der Waals surface area contributed by atoms with E-state index in [2.05, 4.69) is 43.3 Å². The third-order valence-corrected chi connectivity index (χ3v) is 2.72. The summed E-state index contributed by atoms with van der Waals surface area (Å²) in [5.74, 6) is 0.173. The number of hydrogen-bond acceptors (Lipinski definition) is 5. The summed E-state index contributed by atoms with van der Waals surface area (Å²) in [5, 5.41) is 9.49. The Bertz CT molecular complexity index is 426. The number of hydrogen-bond donors (Lipinski definition) is 2. The Kier molecular flexibility index (Phi) is 3.90. The van der Waals surface area contributed by atoms with E-state index in [0.29, 0.717) is 16.9 Å². The summed E-state index contributed by atoms with van der Waals surface area (Å²) in [7, 11) is 0. The quantitative estimate of drug-likeness (QED) is 0.871. The molecule has 6 nitrogen and oxygen atoms in total. The van der Waals surface area contributed by atoms with Gasteiger partial charge in [0.1, 0.15) is 0 Å². The Labute approximate surface area is 107 Å². The van der Waals surface area contributed by atoms with E-state index in [1.165, 1.54) is 0 Å². The second-order valence-electron chi connectivity index (χ2n) is 3.81. The van der Waals surface area contributed by atoms with E-state index < -0.39 is 0 Å². The van der Waals surface area contributed by atoms with Crippen molar-refractivity contribution in [3.8, 4) is 0 Å². The fraction of sp³-hybridized carbons (Fsp3) is 0.500. The molecule has 1 fully saturated rings. The molecule has 1 amide bonds. The Hall–Kier alpha value is -1.21. The zero-order valence-corrected chi connectivity index (χ0v) is 10.8. The summed E-state index contributed by atoms with van der Waals surface area (Å²) in [4.78, 5) is 15.7. The van der Waals surface area contributed by atoms with Crippen LogP contribution in [0.5, 0.6) is 0 Å². The monoisotopic (exact) mass is 300 g/mol. The molecule has 0 aromatic carbocycles. The van der Waals surface area contributed by atoms with Gasteiger partial charge in [-0.3, -0.25) is 4.79 Å². The minimum Gasteiger partial charge on any atom is -0.345 e. The molecule has 0 aliphatic carbocycles.